The predicted octanol–water partition coefficient (Wildman–Crippen LogP) is 5.53. The summed E-state index contributed by atoms with van der Waals surface area (Å²) < 4.78 is 4.31. The fourth-order valence-corrected chi connectivity index (χ4v) is 3.90. The van der Waals surface area contributed by atoms with Crippen molar-refractivity contribution in [1.82, 2.24) is 9.13 Å². The van der Waals surface area contributed by atoms with Gasteiger partial charge in [0.05, 0.1) is 16.6 Å². The molecule has 0 radical (unpaired) electrons. The Hall–Kier alpha value is -3.01. The standard InChI is InChI=1S/C23H25N3O/c1-5-16-10-12-17(13-11-16)24-23(27)21-14-20-22(25(21)4)18-8-6-7-9-19(18)26(20)15(2)3/h6-15H,5H2,1-4H3,(H,24,27). The van der Waals surface area contributed by atoms with Gasteiger partial charge in [0.25, 0.3) is 5.91 Å². The van der Waals surface area contributed by atoms with Gasteiger partial charge in [0.15, 0.2) is 0 Å². The molecule has 27 heavy (non-hydrogen) atoms. The summed E-state index contributed by atoms with van der Waals surface area (Å²) in [6.07, 6.45) is 0.989. The third-order valence-corrected chi connectivity index (χ3v) is 5.26. The summed E-state index contributed by atoms with van der Waals surface area (Å²) in [6.45, 7) is 6.47. The number of hydrogen-bond donors (Lipinski definition) is 1. The number of aromatic nitrogens is 2. The van der Waals surface area contributed by atoms with Crippen LogP contribution in [0.15, 0.2) is 54.6 Å². The second-order valence-corrected chi connectivity index (χ2v) is 7.31. The van der Waals surface area contributed by atoms with Crippen molar-refractivity contribution in [2.45, 2.75) is 33.2 Å². The van der Waals surface area contributed by atoms with Crippen LogP contribution in [0.25, 0.3) is 21.9 Å². The molecule has 4 aromatic rings. The van der Waals surface area contributed by atoms with Crippen molar-refractivity contribution < 1.29 is 4.79 Å². The molecule has 2 aromatic carbocycles. The van der Waals surface area contributed by atoms with Gasteiger partial charge in [0.2, 0.25) is 0 Å². The average Bonchev–Trinajstić information content (AvgIpc) is 3.17. The van der Waals surface area contributed by atoms with Crippen LogP contribution in [0.1, 0.15) is 42.9 Å². The van der Waals surface area contributed by atoms with E-state index in [0.29, 0.717) is 11.7 Å². The first-order valence-corrected chi connectivity index (χ1v) is 9.50. The lowest BCUT2D eigenvalue weighted by atomic mass is 10.1. The minimum atomic E-state index is -0.0858. The molecule has 2 aromatic heterocycles. The molecule has 0 aliphatic rings. The fourth-order valence-electron chi connectivity index (χ4n) is 3.90. The average molecular weight is 359 g/mol. The van der Waals surface area contributed by atoms with Gasteiger partial charge in [-0.1, -0.05) is 37.3 Å². The summed E-state index contributed by atoms with van der Waals surface area (Å²) in [7, 11) is 1.97. The first kappa shape index (κ1) is 17.4. The Labute approximate surface area is 159 Å². The molecule has 0 bridgehead atoms. The van der Waals surface area contributed by atoms with Crippen molar-refractivity contribution in [1.29, 1.82) is 0 Å². The Morgan fingerprint density at radius 1 is 1.04 bits per heavy atom. The number of carbonyl (C=O) groups is 1. The highest BCUT2D eigenvalue weighted by atomic mass is 16.1. The highest BCUT2D eigenvalue weighted by Gasteiger charge is 2.21. The number of anilines is 1. The smallest absolute Gasteiger partial charge is 0.272 e. The van der Waals surface area contributed by atoms with E-state index in [1.807, 2.05) is 29.8 Å². The van der Waals surface area contributed by atoms with Gasteiger partial charge in [-0.25, -0.2) is 0 Å². The highest BCUT2D eigenvalue weighted by molar-refractivity contribution is 6.12. The van der Waals surface area contributed by atoms with Crippen LogP contribution >= 0.6 is 0 Å². The van der Waals surface area contributed by atoms with E-state index in [2.05, 4.69) is 67.1 Å². The summed E-state index contributed by atoms with van der Waals surface area (Å²) in [4.78, 5) is 12.9. The SMILES string of the molecule is CCc1ccc(NC(=O)c2cc3c(c4ccccc4n3C(C)C)n2C)cc1. The van der Waals surface area contributed by atoms with Crippen LogP contribution in [0.5, 0.6) is 0 Å². The molecule has 4 rings (SSSR count). The quantitative estimate of drug-likeness (QED) is 0.511. The zero-order chi connectivity index (χ0) is 19.1. The van der Waals surface area contributed by atoms with Crippen molar-refractivity contribution in [3.8, 4) is 0 Å². The second-order valence-electron chi connectivity index (χ2n) is 7.31. The van der Waals surface area contributed by atoms with Gasteiger partial charge in [-0.05, 0) is 50.1 Å². The summed E-state index contributed by atoms with van der Waals surface area (Å²) >= 11 is 0. The number of carbonyl (C=O) groups excluding carboxylic acids is 1. The van der Waals surface area contributed by atoms with E-state index >= 15 is 0 Å². The lowest BCUT2D eigenvalue weighted by molar-refractivity contribution is 0.101. The van der Waals surface area contributed by atoms with E-state index in [1.54, 1.807) is 0 Å². The lowest BCUT2D eigenvalue weighted by Crippen LogP contribution is -2.15. The van der Waals surface area contributed by atoms with Crippen LogP contribution in [0.2, 0.25) is 0 Å². The molecule has 4 heteroatoms. The summed E-state index contributed by atoms with van der Waals surface area (Å²) in [5, 5.41) is 4.20. The zero-order valence-corrected chi connectivity index (χ0v) is 16.3. The van der Waals surface area contributed by atoms with Crippen molar-refractivity contribution in [3.63, 3.8) is 0 Å². The van der Waals surface area contributed by atoms with Crippen LogP contribution in [0, 0.1) is 0 Å². The van der Waals surface area contributed by atoms with Crippen LogP contribution in [-0.2, 0) is 13.5 Å². The largest absolute Gasteiger partial charge is 0.338 e. The minimum absolute atomic E-state index is 0.0858. The maximum Gasteiger partial charge on any atom is 0.272 e. The fraction of sp³-hybridized carbons (Fsp3) is 0.261. The first-order valence-electron chi connectivity index (χ1n) is 9.50. The molecule has 0 fully saturated rings. The van der Waals surface area contributed by atoms with Crippen LogP contribution in [-0.4, -0.2) is 15.0 Å². The Balaban J connectivity index is 1.79. The van der Waals surface area contributed by atoms with Crippen LogP contribution < -0.4 is 5.32 Å². The number of amides is 1. The summed E-state index contributed by atoms with van der Waals surface area (Å²) in [5.74, 6) is -0.0858. The number of aryl methyl sites for hydroxylation is 2. The van der Waals surface area contributed by atoms with Gasteiger partial charge in [-0.15, -0.1) is 0 Å². The molecule has 1 N–H and O–H groups in total. The molecule has 0 saturated carbocycles. The molecular formula is C23H25N3O. The van der Waals surface area contributed by atoms with Crippen LogP contribution in [0.3, 0.4) is 0 Å². The molecule has 0 unspecified atom stereocenters. The van der Waals surface area contributed by atoms with Crippen molar-refractivity contribution >= 4 is 33.5 Å². The number of nitrogens with one attached hydrogen (secondary N) is 1. The number of fused-ring (bicyclic) bond motifs is 3. The number of rotatable bonds is 4. The third kappa shape index (κ3) is 2.81. The topological polar surface area (TPSA) is 39.0 Å². The summed E-state index contributed by atoms with van der Waals surface area (Å²) in [6, 6.07) is 18.7. The number of nitrogens with zero attached hydrogens (tertiary/aromatic N) is 2. The molecular weight excluding hydrogens is 334 g/mol. The van der Waals surface area contributed by atoms with E-state index < -0.39 is 0 Å². The maximum absolute atomic E-state index is 12.9. The molecule has 0 atom stereocenters. The van der Waals surface area contributed by atoms with Gasteiger partial charge in [0.1, 0.15) is 5.69 Å². The molecule has 4 nitrogen and oxygen atoms in total. The van der Waals surface area contributed by atoms with Gasteiger partial charge in [-0.3, -0.25) is 4.79 Å². The molecule has 1 amide bonds. The Morgan fingerprint density at radius 2 is 1.74 bits per heavy atom. The van der Waals surface area contributed by atoms with E-state index in [-0.39, 0.29) is 5.91 Å². The summed E-state index contributed by atoms with van der Waals surface area (Å²) in [5.41, 5.74) is 6.15. The van der Waals surface area contributed by atoms with Crippen molar-refractivity contribution in [2.24, 2.45) is 7.05 Å². The Morgan fingerprint density at radius 3 is 2.41 bits per heavy atom. The van der Waals surface area contributed by atoms with Gasteiger partial charge >= 0.3 is 0 Å². The highest BCUT2D eigenvalue weighted by Crippen LogP contribution is 2.33. The second kappa shape index (κ2) is 6.62. The maximum atomic E-state index is 12.9. The number of benzene rings is 2. The first-order chi connectivity index (χ1) is 13.0. The monoisotopic (exact) mass is 359 g/mol. The van der Waals surface area contributed by atoms with E-state index in [9.17, 15) is 4.79 Å². The molecule has 0 saturated heterocycles. The van der Waals surface area contributed by atoms with E-state index in [4.69, 9.17) is 0 Å². The lowest BCUT2D eigenvalue weighted by Gasteiger charge is -2.10. The number of hydrogen-bond acceptors (Lipinski definition) is 1. The molecule has 2 heterocycles. The Kier molecular flexibility index (Phi) is 4.27. The van der Waals surface area contributed by atoms with Crippen molar-refractivity contribution in [2.75, 3.05) is 5.32 Å². The molecule has 0 aliphatic carbocycles. The van der Waals surface area contributed by atoms with Gasteiger partial charge in [0, 0.05) is 24.2 Å². The molecule has 0 aliphatic heterocycles. The Bertz CT molecular complexity index is 1130. The van der Waals surface area contributed by atoms with Crippen molar-refractivity contribution in [3.05, 3.63) is 65.9 Å². The molecule has 138 valence electrons. The van der Waals surface area contributed by atoms with Crippen LogP contribution in [0.4, 0.5) is 5.69 Å². The third-order valence-electron chi connectivity index (χ3n) is 5.26. The number of para-hydroxylation sites is 1. The zero-order valence-electron chi connectivity index (χ0n) is 16.3. The normalized spacial score (nSPS) is 11.6. The van der Waals surface area contributed by atoms with Gasteiger partial charge in [-0.2, -0.15) is 0 Å². The van der Waals surface area contributed by atoms with E-state index in [1.165, 1.54) is 16.5 Å². The predicted molar refractivity (Wildman–Crippen MR) is 113 cm³/mol. The minimum Gasteiger partial charge on any atom is -0.338 e. The molecule has 0 spiro atoms. The van der Waals surface area contributed by atoms with Gasteiger partial charge < -0.3 is 14.5 Å². The van der Waals surface area contributed by atoms with E-state index in [0.717, 1.165) is 23.1 Å².